The predicted octanol–water partition coefficient (Wildman–Crippen LogP) is 4.35. The van der Waals surface area contributed by atoms with Gasteiger partial charge in [-0.25, -0.2) is 9.80 Å². The van der Waals surface area contributed by atoms with Gasteiger partial charge in [0.2, 0.25) is 0 Å². The molecule has 2 amide bonds. The number of non-ortho nitro benzene ring substituents is 1. The van der Waals surface area contributed by atoms with Gasteiger partial charge in [-0.2, -0.15) is 10.2 Å². The van der Waals surface area contributed by atoms with Gasteiger partial charge in [0.05, 0.1) is 15.9 Å². The molecule has 1 aliphatic rings. The third-order valence-electron chi connectivity index (χ3n) is 4.01. The van der Waals surface area contributed by atoms with Gasteiger partial charge < -0.3 is 5.32 Å². The van der Waals surface area contributed by atoms with Crippen LogP contribution in [0.15, 0.2) is 46.9 Å². The molecule has 2 N–H and O–H groups in total. The number of hydrazone groups is 1. The molecule has 152 valence electrons. The fourth-order valence-corrected chi connectivity index (χ4v) is 5.04. The van der Waals surface area contributed by atoms with Crippen LogP contribution in [0.5, 0.6) is 0 Å². The lowest BCUT2D eigenvalue weighted by molar-refractivity contribution is -0.384. The molecule has 1 fully saturated rings. The fraction of sp³-hybridized carbons (Fsp3) is 0.235. The summed E-state index contributed by atoms with van der Waals surface area (Å²) >= 11 is 8.20. The van der Waals surface area contributed by atoms with Crippen LogP contribution >= 0.6 is 35.3 Å². The quantitative estimate of drug-likeness (QED) is 0.228. The van der Waals surface area contributed by atoms with Crippen LogP contribution in [-0.2, 0) is 0 Å². The van der Waals surface area contributed by atoms with Crippen LogP contribution < -0.4 is 5.32 Å². The van der Waals surface area contributed by atoms with E-state index in [-0.39, 0.29) is 5.69 Å². The summed E-state index contributed by atoms with van der Waals surface area (Å²) in [6.07, 6.45) is 0.767. The highest BCUT2D eigenvalue weighted by molar-refractivity contribution is 8.24. The first-order valence-electron chi connectivity index (χ1n) is 8.32. The lowest BCUT2D eigenvalue weighted by Gasteiger charge is -2.34. The number of thioether (sulfide) groups is 1. The molecular weight excluding hydrogens is 434 g/mol. The van der Waals surface area contributed by atoms with E-state index < -0.39 is 21.9 Å². The number of nitro benzene ring substituents is 1. The smallest absolute Gasteiger partial charge is 0.306 e. The molecule has 1 aromatic heterocycles. The Morgan fingerprint density at radius 1 is 1.41 bits per heavy atom. The second-order valence-electron chi connectivity index (χ2n) is 6.53. The summed E-state index contributed by atoms with van der Waals surface area (Å²) in [5.74, 6) is 0. The van der Waals surface area contributed by atoms with E-state index in [2.05, 4.69) is 10.4 Å². The van der Waals surface area contributed by atoms with Gasteiger partial charge in [-0.1, -0.05) is 30.0 Å². The van der Waals surface area contributed by atoms with Crippen molar-refractivity contribution in [2.24, 2.45) is 5.10 Å². The van der Waals surface area contributed by atoms with Crippen LogP contribution in [0.25, 0.3) is 0 Å². The van der Waals surface area contributed by atoms with Crippen LogP contribution in [0, 0.1) is 10.1 Å². The van der Waals surface area contributed by atoms with E-state index in [0.29, 0.717) is 15.1 Å². The van der Waals surface area contributed by atoms with Crippen LogP contribution in [0.4, 0.5) is 16.2 Å². The summed E-state index contributed by atoms with van der Waals surface area (Å²) in [4.78, 5) is 23.7. The SMILES string of the molecule is CC1(C)SC(=S)N(/N=C\c2cccs2)[C@@H]1N(O)C(=O)Nc1ccc([N+](=O)[O-])cc1. The number of hydrogen-bond donors (Lipinski definition) is 2. The Kier molecular flexibility index (Phi) is 6.17. The molecule has 1 aliphatic heterocycles. The molecule has 0 bridgehead atoms. The maximum absolute atomic E-state index is 12.6. The van der Waals surface area contributed by atoms with Gasteiger partial charge in [0.15, 0.2) is 10.5 Å². The molecule has 29 heavy (non-hydrogen) atoms. The molecule has 0 spiro atoms. The summed E-state index contributed by atoms with van der Waals surface area (Å²) in [7, 11) is 0. The monoisotopic (exact) mass is 451 g/mol. The van der Waals surface area contributed by atoms with Crippen molar-refractivity contribution in [3.05, 3.63) is 56.8 Å². The average molecular weight is 452 g/mol. The number of nitrogens with zero attached hydrogens (tertiary/aromatic N) is 4. The number of thiocarbonyl (C=S) groups is 1. The molecule has 2 heterocycles. The van der Waals surface area contributed by atoms with Crippen molar-refractivity contribution in [2.75, 3.05) is 5.32 Å². The second-order valence-corrected chi connectivity index (χ2v) is 9.80. The number of carbonyl (C=O) groups is 1. The molecule has 1 atom stereocenters. The largest absolute Gasteiger partial charge is 0.347 e. The number of urea groups is 1. The zero-order valence-corrected chi connectivity index (χ0v) is 17.8. The van der Waals surface area contributed by atoms with E-state index in [1.165, 1.54) is 52.4 Å². The number of thiophene rings is 1. The Labute approximate surface area is 180 Å². The van der Waals surface area contributed by atoms with Crippen LogP contribution in [-0.4, -0.2) is 47.7 Å². The number of nitrogens with one attached hydrogen (secondary N) is 1. The normalized spacial score (nSPS) is 18.2. The highest BCUT2D eigenvalue weighted by Crippen LogP contribution is 2.42. The van der Waals surface area contributed by atoms with Crippen molar-refractivity contribution >= 4 is 63.3 Å². The first kappa shape index (κ1) is 21.2. The van der Waals surface area contributed by atoms with E-state index in [0.717, 1.165) is 4.88 Å². The Morgan fingerprint density at radius 2 is 2.10 bits per heavy atom. The number of hydroxylamine groups is 2. The standard InChI is InChI=1S/C17H17N5O4S3/c1-17(2)14(20(16(27)29-17)18-10-13-4-3-9-28-13)21(24)15(23)19-11-5-7-12(8-6-11)22(25)26/h3-10,14,24H,1-2H3,(H,19,23)/b18-10-/t14-/m1/s1. The van der Waals surface area contributed by atoms with E-state index >= 15 is 0 Å². The zero-order valence-electron chi connectivity index (χ0n) is 15.4. The number of carbonyl (C=O) groups excluding carboxylic acids is 1. The van der Waals surface area contributed by atoms with E-state index in [9.17, 15) is 20.1 Å². The lowest BCUT2D eigenvalue weighted by atomic mass is 10.1. The fourth-order valence-electron chi connectivity index (χ4n) is 2.67. The minimum absolute atomic E-state index is 0.100. The number of amides is 2. The first-order chi connectivity index (χ1) is 13.7. The lowest BCUT2D eigenvalue weighted by Crippen LogP contribution is -2.54. The second kappa shape index (κ2) is 8.45. The summed E-state index contributed by atoms with van der Waals surface area (Å²) in [5.41, 5.74) is 0.205. The minimum atomic E-state index is -0.853. The maximum Gasteiger partial charge on any atom is 0.347 e. The molecule has 0 unspecified atom stereocenters. The predicted molar refractivity (Wildman–Crippen MR) is 118 cm³/mol. The topological polar surface area (TPSA) is 111 Å². The Hall–Kier alpha value is -2.54. The maximum atomic E-state index is 12.6. The van der Waals surface area contributed by atoms with Gasteiger partial charge in [-0.05, 0) is 37.4 Å². The van der Waals surface area contributed by atoms with Crippen molar-refractivity contribution in [1.82, 2.24) is 10.1 Å². The molecular formula is C17H17N5O4S3. The van der Waals surface area contributed by atoms with Gasteiger partial charge in [0.1, 0.15) is 0 Å². The van der Waals surface area contributed by atoms with E-state index in [4.69, 9.17) is 12.2 Å². The van der Waals surface area contributed by atoms with Crippen molar-refractivity contribution in [2.45, 2.75) is 24.8 Å². The van der Waals surface area contributed by atoms with E-state index in [1.807, 2.05) is 31.4 Å². The van der Waals surface area contributed by atoms with Crippen molar-refractivity contribution < 1.29 is 14.9 Å². The number of benzene rings is 1. The molecule has 2 aromatic rings. The number of rotatable bonds is 5. The van der Waals surface area contributed by atoms with Crippen molar-refractivity contribution in [1.29, 1.82) is 0 Å². The highest BCUT2D eigenvalue weighted by atomic mass is 32.2. The van der Waals surface area contributed by atoms with Crippen LogP contribution in [0.3, 0.4) is 0 Å². The molecule has 1 saturated heterocycles. The van der Waals surface area contributed by atoms with Gasteiger partial charge in [-0.3, -0.25) is 15.3 Å². The van der Waals surface area contributed by atoms with Crippen molar-refractivity contribution in [3.8, 4) is 0 Å². The molecule has 0 saturated carbocycles. The average Bonchev–Trinajstić information content (AvgIpc) is 3.24. The highest BCUT2D eigenvalue weighted by Gasteiger charge is 2.50. The molecule has 9 nitrogen and oxygen atoms in total. The van der Waals surface area contributed by atoms with E-state index in [1.54, 1.807) is 6.21 Å². The minimum Gasteiger partial charge on any atom is -0.306 e. The summed E-state index contributed by atoms with van der Waals surface area (Å²) in [6, 6.07) is 8.27. The van der Waals surface area contributed by atoms with Gasteiger partial charge in [0.25, 0.3) is 5.69 Å². The van der Waals surface area contributed by atoms with Gasteiger partial charge in [0, 0.05) is 22.7 Å². The Bertz CT molecular complexity index is 946. The molecule has 0 aliphatic carbocycles. The molecule has 3 rings (SSSR count). The Balaban J connectivity index is 1.78. The van der Waals surface area contributed by atoms with Gasteiger partial charge >= 0.3 is 6.03 Å². The number of hydrogen-bond acceptors (Lipinski definition) is 8. The number of anilines is 1. The summed E-state index contributed by atoms with van der Waals surface area (Å²) < 4.78 is -0.208. The molecule has 1 aromatic carbocycles. The Morgan fingerprint density at radius 3 is 2.69 bits per heavy atom. The number of nitro groups is 1. The third-order valence-corrected chi connectivity index (χ3v) is 6.36. The summed E-state index contributed by atoms with van der Waals surface area (Å²) in [6.45, 7) is 3.69. The van der Waals surface area contributed by atoms with Gasteiger partial charge in [-0.15, -0.1) is 11.3 Å². The zero-order chi connectivity index (χ0) is 21.2. The first-order valence-corrected chi connectivity index (χ1v) is 10.4. The summed E-state index contributed by atoms with van der Waals surface area (Å²) in [5, 5.41) is 32.1. The third kappa shape index (κ3) is 4.72. The van der Waals surface area contributed by atoms with Crippen molar-refractivity contribution in [3.63, 3.8) is 0 Å². The molecule has 12 heteroatoms. The van der Waals surface area contributed by atoms with Crippen LogP contribution in [0.1, 0.15) is 18.7 Å². The van der Waals surface area contributed by atoms with Crippen LogP contribution in [0.2, 0.25) is 0 Å². The molecule has 0 radical (unpaired) electrons.